The first-order valence-electron chi connectivity index (χ1n) is 4.99. The van der Waals surface area contributed by atoms with Gasteiger partial charge < -0.3 is 9.72 Å². The summed E-state index contributed by atoms with van der Waals surface area (Å²) in [5.41, 5.74) is 2.50. The largest absolute Gasteiger partial charge is 0.496 e. The van der Waals surface area contributed by atoms with Gasteiger partial charge in [0.05, 0.1) is 7.11 Å². The molecule has 0 amide bonds. The molecular formula is C12H15NO. The average Bonchev–Trinajstić information content (AvgIpc) is 2.67. The van der Waals surface area contributed by atoms with E-state index >= 15 is 0 Å². The number of rotatable bonds is 3. The topological polar surface area (TPSA) is 25.0 Å². The Labute approximate surface area is 83.9 Å². The van der Waals surface area contributed by atoms with Crippen LogP contribution in [0.3, 0.4) is 0 Å². The molecule has 2 heteroatoms. The Kier molecular flexibility index (Phi) is 2.44. The van der Waals surface area contributed by atoms with E-state index in [1.807, 2.05) is 12.3 Å². The van der Waals surface area contributed by atoms with E-state index in [0.717, 1.165) is 18.6 Å². The van der Waals surface area contributed by atoms with Crippen LogP contribution < -0.4 is 4.74 Å². The second-order valence-corrected chi connectivity index (χ2v) is 3.44. The number of hydrogen-bond donors (Lipinski definition) is 1. The normalized spacial score (nSPS) is 10.7. The minimum Gasteiger partial charge on any atom is -0.496 e. The first-order chi connectivity index (χ1) is 6.86. The van der Waals surface area contributed by atoms with Gasteiger partial charge >= 0.3 is 0 Å². The number of aromatic nitrogens is 1. The highest BCUT2D eigenvalue weighted by Crippen LogP contribution is 2.28. The number of hydrogen-bond acceptors (Lipinski definition) is 1. The fourth-order valence-corrected chi connectivity index (χ4v) is 1.87. The van der Waals surface area contributed by atoms with Crippen LogP contribution in [-0.2, 0) is 6.42 Å². The van der Waals surface area contributed by atoms with Crippen LogP contribution in [-0.4, -0.2) is 12.1 Å². The van der Waals surface area contributed by atoms with Gasteiger partial charge in [-0.15, -0.1) is 0 Å². The Morgan fingerprint density at radius 1 is 1.29 bits per heavy atom. The second kappa shape index (κ2) is 3.74. The van der Waals surface area contributed by atoms with Crippen LogP contribution in [0.2, 0.25) is 0 Å². The van der Waals surface area contributed by atoms with E-state index in [1.54, 1.807) is 7.11 Å². The standard InChI is InChI=1S/C12H15NO/c1-3-4-10-9-7-8-13-11(9)5-6-12(10)14-2/h5-8,13H,3-4H2,1-2H3. The molecule has 0 bridgehead atoms. The van der Waals surface area contributed by atoms with E-state index in [-0.39, 0.29) is 0 Å². The van der Waals surface area contributed by atoms with Gasteiger partial charge in [-0.05, 0) is 24.6 Å². The molecule has 2 rings (SSSR count). The first kappa shape index (κ1) is 9.13. The quantitative estimate of drug-likeness (QED) is 0.788. The van der Waals surface area contributed by atoms with Crippen molar-refractivity contribution in [3.05, 3.63) is 30.0 Å². The number of aromatic amines is 1. The monoisotopic (exact) mass is 189 g/mol. The Balaban J connectivity index is 2.62. The second-order valence-electron chi connectivity index (χ2n) is 3.44. The van der Waals surface area contributed by atoms with Crippen LogP contribution in [0.4, 0.5) is 0 Å². The van der Waals surface area contributed by atoms with Gasteiger partial charge in [-0.25, -0.2) is 0 Å². The molecule has 1 aromatic carbocycles. The van der Waals surface area contributed by atoms with Crippen LogP contribution in [0, 0.1) is 0 Å². The third kappa shape index (κ3) is 1.37. The lowest BCUT2D eigenvalue weighted by Gasteiger charge is -2.08. The van der Waals surface area contributed by atoms with Gasteiger partial charge in [0, 0.05) is 22.7 Å². The molecule has 0 atom stereocenters. The molecule has 0 radical (unpaired) electrons. The third-order valence-electron chi connectivity index (χ3n) is 2.52. The SMILES string of the molecule is CCCc1c(OC)ccc2[nH]ccc12. The van der Waals surface area contributed by atoms with Crippen molar-refractivity contribution in [2.75, 3.05) is 7.11 Å². The van der Waals surface area contributed by atoms with Crippen LogP contribution in [0.5, 0.6) is 5.75 Å². The Morgan fingerprint density at radius 3 is 2.86 bits per heavy atom. The number of benzene rings is 1. The molecule has 74 valence electrons. The minimum absolute atomic E-state index is 0.999. The minimum atomic E-state index is 0.999. The molecule has 0 aliphatic carbocycles. The van der Waals surface area contributed by atoms with Gasteiger partial charge in [-0.2, -0.15) is 0 Å². The Bertz CT molecular complexity index is 431. The zero-order valence-electron chi connectivity index (χ0n) is 8.63. The number of nitrogens with one attached hydrogen (secondary N) is 1. The fraction of sp³-hybridized carbons (Fsp3) is 0.333. The number of methoxy groups -OCH3 is 1. The van der Waals surface area contributed by atoms with Crippen molar-refractivity contribution in [2.45, 2.75) is 19.8 Å². The predicted molar refractivity (Wildman–Crippen MR) is 58.8 cm³/mol. The number of fused-ring (bicyclic) bond motifs is 1. The summed E-state index contributed by atoms with van der Waals surface area (Å²) in [5.74, 6) is 0.999. The van der Waals surface area contributed by atoms with E-state index in [1.165, 1.54) is 16.5 Å². The zero-order chi connectivity index (χ0) is 9.97. The number of H-pyrrole nitrogens is 1. The lowest BCUT2D eigenvalue weighted by Crippen LogP contribution is -1.92. The molecule has 0 aliphatic heterocycles. The van der Waals surface area contributed by atoms with Crippen LogP contribution >= 0.6 is 0 Å². The van der Waals surface area contributed by atoms with E-state index in [4.69, 9.17) is 4.74 Å². The van der Waals surface area contributed by atoms with E-state index in [0.29, 0.717) is 0 Å². The molecule has 0 spiro atoms. The molecule has 2 nitrogen and oxygen atoms in total. The van der Waals surface area contributed by atoms with Crippen molar-refractivity contribution in [3.63, 3.8) is 0 Å². The first-order valence-corrected chi connectivity index (χ1v) is 4.99. The van der Waals surface area contributed by atoms with E-state index < -0.39 is 0 Å². The van der Waals surface area contributed by atoms with E-state index in [2.05, 4.69) is 24.0 Å². The van der Waals surface area contributed by atoms with Gasteiger partial charge in [0.25, 0.3) is 0 Å². The molecule has 0 saturated heterocycles. The molecule has 0 aliphatic rings. The summed E-state index contributed by atoms with van der Waals surface area (Å²) in [4.78, 5) is 3.21. The summed E-state index contributed by atoms with van der Waals surface area (Å²) < 4.78 is 5.36. The molecule has 0 fully saturated rings. The summed E-state index contributed by atoms with van der Waals surface area (Å²) >= 11 is 0. The molecule has 2 aromatic rings. The highest BCUT2D eigenvalue weighted by Gasteiger charge is 2.07. The highest BCUT2D eigenvalue weighted by atomic mass is 16.5. The molecule has 1 aromatic heterocycles. The summed E-state index contributed by atoms with van der Waals surface area (Å²) in [7, 11) is 1.73. The maximum atomic E-state index is 5.36. The van der Waals surface area contributed by atoms with Crippen LogP contribution in [0.1, 0.15) is 18.9 Å². The van der Waals surface area contributed by atoms with Gasteiger partial charge in [0.15, 0.2) is 0 Å². The molecule has 14 heavy (non-hydrogen) atoms. The van der Waals surface area contributed by atoms with Gasteiger partial charge in [-0.3, -0.25) is 0 Å². The summed E-state index contributed by atoms with van der Waals surface area (Å²) in [6.45, 7) is 2.19. The van der Waals surface area contributed by atoms with Crippen molar-refractivity contribution >= 4 is 10.9 Å². The molecule has 1 heterocycles. The van der Waals surface area contributed by atoms with Crippen molar-refractivity contribution in [1.29, 1.82) is 0 Å². The summed E-state index contributed by atoms with van der Waals surface area (Å²) in [6.07, 6.45) is 4.18. The smallest absolute Gasteiger partial charge is 0.122 e. The summed E-state index contributed by atoms with van der Waals surface area (Å²) in [6, 6.07) is 6.21. The molecule has 1 N–H and O–H groups in total. The lowest BCUT2D eigenvalue weighted by molar-refractivity contribution is 0.410. The van der Waals surface area contributed by atoms with Gasteiger partial charge in [0.2, 0.25) is 0 Å². The highest BCUT2D eigenvalue weighted by molar-refractivity contribution is 5.85. The maximum Gasteiger partial charge on any atom is 0.122 e. The maximum absolute atomic E-state index is 5.36. The van der Waals surface area contributed by atoms with Crippen LogP contribution in [0.15, 0.2) is 24.4 Å². The van der Waals surface area contributed by atoms with Crippen molar-refractivity contribution < 1.29 is 4.74 Å². The number of ether oxygens (including phenoxy) is 1. The van der Waals surface area contributed by atoms with E-state index in [9.17, 15) is 0 Å². The zero-order valence-corrected chi connectivity index (χ0v) is 8.63. The lowest BCUT2D eigenvalue weighted by atomic mass is 10.0. The predicted octanol–water partition coefficient (Wildman–Crippen LogP) is 3.13. The molecule has 0 unspecified atom stereocenters. The molecule has 0 saturated carbocycles. The number of aryl methyl sites for hydroxylation is 1. The fourth-order valence-electron chi connectivity index (χ4n) is 1.87. The van der Waals surface area contributed by atoms with Crippen molar-refractivity contribution in [1.82, 2.24) is 4.98 Å². The van der Waals surface area contributed by atoms with Crippen molar-refractivity contribution in [2.24, 2.45) is 0 Å². The van der Waals surface area contributed by atoms with Gasteiger partial charge in [0.1, 0.15) is 5.75 Å². The Hall–Kier alpha value is -1.44. The van der Waals surface area contributed by atoms with Crippen molar-refractivity contribution in [3.8, 4) is 5.75 Å². The van der Waals surface area contributed by atoms with Crippen LogP contribution in [0.25, 0.3) is 10.9 Å². The summed E-state index contributed by atoms with van der Waals surface area (Å²) in [5, 5.41) is 1.28. The Morgan fingerprint density at radius 2 is 2.14 bits per heavy atom. The third-order valence-corrected chi connectivity index (χ3v) is 2.52. The van der Waals surface area contributed by atoms with Gasteiger partial charge in [-0.1, -0.05) is 13.3 Å². The molecular weight excluding hydrogens is 174 g/mol. The average molecular weight is 189 g/mol.